The Bertz CT molecular complexity index is 963. The maximum absolute atomic E-state index is 12.0. The van der Waals surface area contributed by atoms with Gasteiger partial charge in [0.15, 0.2) is 0 Å². The second-order valence-corrected chi connectivity index (χ2v) is 7.68. The normalized spacial score (nSPS) is 14.8. The van der Waals surface area contributed by atoms with E-state index in [9.17, 15) is 9.90 Å². The van der Waals surface area contributed by atoms with Crippen LogP contribution in [-0.4, -0.2) is 33.4 Å². The van der Waals surface area contributed by atoms with Crippen molar-refractivity contribution >= 4 is 28.4 Å². The van der Waals surface area contributed by atoms with Crippen LogP contribution in [0.5, 0.6) is 0 Å². The summed E-state index contributed by atoms with van der Waals surface area (Å²) in [5, 5.41) is 13.1. The van der Waals surface area contributed by atoms with Crippen LogP contribution in [0.2, 0.25) is 0 Å². The van der Waals surface area contributed by atoms with Crippen molar-refractivity contribution in [3.8, 4) is 0 Å². The number of hydrogen-bond acceptors (Lipinski definition) is 3. The van der Waals surface area contributed by atoms with Gasteiger partial charge in [0, 0.05) is 42.3 Å². The van der Waals surface area contributed by atoms with E-state index < -0.39 is 6.09 Å². The standard InChI is InChI=1S/C23H28N4O2/c1-2-15-25(19-10-13-24-14-11-19)26-16-12-18-17-21(8-9-22(18)26)27(23(28)29)20-6-4-3-5-7-20/h8-14,16-17,20H,2-7,15H2,1H3,(H,28,29). The van der Waals surface area contributed by atoms with Gasteiger partial charge in [0.2, 0.25) is 0 Å². The van der Waals surface area contributed by atoms with Gasteiger partial charge in [-0.1, -0.05) is 26.2 Å². The summed E-state index contributed by atoms with van der Waals surface area (Å²) in [4.78, 5) is 17.7. The Morgan fingerprint density at radius 1 is 1.10 bits per heavy atom. The monoisotopic (exact) mass is 392 g/mol. The van der Waals surface area contributed by atoms with Crippen LogP contribution in [0.1, 0.15) is 45.4 Å². The molecule has 29 heavy (non-hydrogen) atoms. The minimum atomic E-state index is -0.861. The highest BCUT2D eigenvalue weighted by Gasteiger charge is 2.27. The number of benzene rings is 1. The lowest BCUT2D eigenvalue weighted by Crippen LogP contribution is -2.40. The minimum Gasteiger partial charge on any atom is -0.465 e. The molecule has 0 aliphatic heterocycles. The third-order valence-corrected chi connectivity index (χ3v) is 5.73. The lowest BCUT2D eigenvalue weighted by molar-refractivity contribution is 0.196. The summed E-state index contributed by atoms with van der Waals surface area (Å²) in [6.07, 6.45) is 11.1. The van der Waals surface area contributed by atoms with Crippen molar-refractivity contribution in [2.24, 2.45) is 0 Å². The number of anilines is 2. The van der Waals surface area contributed by atoms with Gasteiger partial charge in [0.05, 0.1) is 11.2 Å². The predicted molar refractivity (Wildman–Crippen MR) is 117 cm³/mol. The van der Waals surface area contributed by atoms with Crippen molar-refractivity contribution in [2.75, 3.05) is 16.5 Å². The fourth-order valence-electron chi connectivity index (χ4n) is 4.38. The zero-order chi connectivity index (χ0) is 20.2. The van der Waals surface area contributed by atoms with E-state index in [0.717, 1.165) is 60.9 Å². The molecule has 1 N–H and O–H groups in total. The molecule has 152 valence electrons. The van der Waals surface area contributed by atoms with Crippen molar-refractivity contribution in [2.45, 2.75) is 51.5 Å². The lowest BCUT2D eigenvalue weighted by atomic mass is 9.94. The Labute approximate surface area is 171 Å². The average Bonchev–Trinajstić information content (AvgIpc) is 3.16. The second-order valence-electron chi connectivity index (χ2n) is 7.68. The molecule has 0 saturated heterocycles. The Morgan fingerprint density at radius 3 is 2.55 bits per heavy atom. The summed E-state index contributed by atoms with van der Waals surface area (Å²) in [6.45, 7) is 3.03. The van der Waals surface area contributed by atoms with E-state index in [0.29, 0.717) is 0 Å². The molecule has 0 radical (unpaired) electrons. The fourth-order valence-corrected chi connectivity index (χ4v) is 4.38. The quantitative estimate of drug-likeness (QED) is 0.599. The summed E-state index contributed by atoms with van der Waals surface area (Å²) in [6, 6.07) is 12.1. The summed E-state index contributed by atoms with van der Waals surface area (Å²) >= 11 is 0. The number of carboxylic acid groups (broad SMARTS) is 1. The van der Waals surface area contributed by atoms with Crippen LogP contribution in [0.4, 0.5) is 16.2 Å². The van der Waals surface area contributed by atoms with E-state index in [1.54, 1.807) is 17.3 Å². The van der Waals surface area contributed by atoms with Crippen LogP contribution in [-0.2, 0) is 0 Å². The molecule has 0 spiro atoms. The number of fused-ring (bicyclic) bond motifs is 1. The molecule has 2 heterocycles. The molecule has 4 rings (SSSR count). The first-order valence-electron chi connectivity index (χ1n) is 10.5. The number of hydrogen-bond donors (Lipinski definition) is 1. The van der Waals surface area contributed by atoms with Gasteiger partial charge in [-0.25, -0.2) is 4.79 Å². The van der Waals surface area contributed by atoms with Gasteiger partial charge in [0.25, 0.3) is 0 Å². The summed E-state index contributed by atoms with van der Waals surface area (Å²) in [7, 11) is 0. The smallest absolute Gasteiger partial charge is 0.412 e. The Balaban J connectivity index is 1.70. The molecular weight excluding hydrogens is 364 g/mol. The molecule has 6 nitrogen and oxygen atoms in total. The van der Waals surface area contributed by atoms with E-state index in [-0.39, 0.29) is 6.04 Å². The highest BCUT2D eigenvalue weighted by atomic mass is 16.4. The van der Waals surface area contributed by atoms with Crippen molar-refractivity contribution in [1.82, 2.24) is 9.66 Å². The first-order chi connectivity index (χ1) is 14.2. The SMILES string of the molecule is CCCN(c1ccncc1)n1ccc2cc(N(C(=O)O)C3CCCCC3)ccc21. The molecule has 0 atom stereocenters. The number of nitrogens with zero attached hydrogens (tertiary/aromatic N) is 4. The van der Waals surface area contributed by atoms with Crippen LogP contribution in [0, 0.1) is 0 Å². The Kier molecular flexibility index (Phi) is 5.69. The van der Waals surface area contributed by atoms with Gasteiger partial charge in [0.1, 0.15) is 0 Å². The fraction of sp³-hybridized carbons (Fsp3) is 0.391. The van der Waals surface area contributed by atoms with Gasteiger partial charge < -0.3 is 5.11 Å². The van der Waals surface area contributed by atoms with Crippen molar-refractivity contribution in [1.29, 1.82) is 0 Å². The lowest BCUT2D eigenvalue weighted by Gasteiger charge is -2.32. The van der Waals surface area contributed by atoms with Crippen molar-refractivity contribution < 1.29 is 9.90 Å². The van der Waals surface area contributed by atoms with Crippen LogP contribution in [0.3, 0.4) is 0 Å². The van der Waals surface area contributed by atoms with Crippen LogP contribution >= 0.6 is 0 Å². The number of aromatic nitrogens is 2. The molecule has 1 aromatic carbocycles. The molecule has 1 saturated carbocycles. The van der Waals surface area contributed by atoms with Crippen LogP contribution in [0.15, 0.2) is 55.0 Å². The minimum absolute atomic E-state index is 0.0780. The molecule has 0 bridgehead atoms. The molecule has 1 aliphatic carbocycles. The molecule has 1 fully saturated rings. The number of amides is 1. The van der Waals surface area contributed by atoms with Gasteiger partial charge in [-0.3, -0.25) is 19.6 Å². The number of pyridine rings is 1. The zero-order valence-electron chi connectivity index (χ0n) is 16.9. The molecule has 1 aliphatic rings. The average molecular weight is 393 g/mol. The first kappa shape index (κ1) is 19.3. The van der Waals surface area contributed by atoms with Crippen molar-refractivity contribution in [3.63, 3.8) is 0 Å². The largest absolute Gasteiger partial charge is 0.465 e. The number of carbonyl (C=O) groups is 1. The number of rotatable bonds is 6. The third kappa shape index (κ3) is 3.92. The molecule has 1 amide bonds. The van der Waals surface area contributed by atoms with Gasteiger partial charge >= 0.3 is 6.09 Å². The van der Waals surface area contributed by atoms with Crippen LogP contribution < -0.4 is 9.91 Å². The summed E-state index contributed by atoms with van der Waals surface area (Å²) < 4.78 is 2.14. The summed E-state index contributed by atoms with van der Waals surface area (Å²) in [5.41, 5.74) is 2.91. The maximum Gasteiger partial charge on any atom is 0.412 e. The first-order valence-corrected chi connectivity index (χ1v) is 10.5. The van der Waals surface area contributed by atoms with Crippen molar-refractivity contribution in [3.05, 3.63) is 55.0 Å². The van der Waals surface area contributed by atoms with Gasteiger partial charge in [-0.05, 0) is 55.7 Å². The van der Waals surface area contributed by atoms with Gasteiger partial charge in [-0.15, -0.1) is 0 Å². The topological polar surface area (TPSA) is 61.6 Å². The molecule has 6 heteroatoms. The molecule has 0 unspecified atom stereocenters. The molecule has 3 aromatic rings. The highest BCUT2D eigenvalue weighted by molar-refractivity contribution is 5.92. The zero-order valence-corrected chi connectivity index (χ0v) is 16.9. The van der Waals surface area contributed by atoms with E-state index in [4.69, 9.17) is 0 Å². The van der Waals surface area contributed by atoms with E-state index in [1.165, 1.54) is 6.42 Å². The van der Waals surface area contributed by atoms with E-state index in [1.807, 2.05) is 30.3 Å². The summed E-state index contributed by atoms with van der Waals surface area (Å²) in [5.74, 6) is 0. The predicted octanol–water partition coefficient (Wildman–Crippen LogP) is 5.53. The van der Waals surface area contributed by atoms with E-state index >= 15 is 0 Å². The molecular formula is C23H28N4O2. The second kappa shape index (κ2) is 8.55. The van der Waals surface area contributed by atoms with Gasteiger partial charge in [-0.2, -0.15) is 0 Å². The third-order valence-electron chi connectivity index (χ3n) is 5.73. The van der Waals surface area contributed by atoms with Crippen LogP contribution in [0.25, 0.3) is 10.9 Å². The molecule has 2 aromatic heterocycles. The highest BCUT2D eigenvalue weighted by Crippen LogP contribution is 2.31. The maximum atomic E-state index is 12.0. The Hall–Kier alpha value is -3.02. The Morgan fingerprint density at radius 2 is 1.86 bits per heavy atom. The van der Waals surface area contributed by atoms with E-state index in [2.05, 4.69) is 33.9 Å².